The third-order valence-electron chi connectivity index (χ3n) is 22.6. The first-order valence-electron chi connectivity index (χ1n) is 44.7. The van der Waals surface area contributed by atoms with Gasteiger partial charge in [0.25, 0.3) is 0 Å². The number of aromatic hydroxyl groups is 1. The number of imidazole rings is 1. The summed E-state index contributed by atoms with van der Waals surface area (Å²) >= 11 is 0.747. The maximum atomic E-state index is 15.5. The average molecular weight is 1900 g/mol. The fourth-order valence-electron chi connectivity index (χ4n) is 15.0. The molecule has 8 rings (SSSR count). The molecule has 1 fully saturated rings. The summed E-state index contributed by atoms with van der Waals surface area (Å²) in [6.45, 7) is 15.0. The van der Waals surface area contributed by atoms with E-state index in [4.69, 9.17) is 11.5 Å². The first-order valence-corrected chi connectivity index (χ1v) is 45.9. The number of carboxylic acid groups (broad SMARTS) is 1. The fourth-order valence-corrected chi connectivity index (χ4v) is 15.9. The number of carboxylic acids is 1. The van der Waals surface area contributed by atoms with Crippen LogP contribution in [0.2, 0.25) is 0 Å². The van der Waals surface area contributed by atoms with Gasteiger partial charge < -0.3 is 111 Å². The Morgan fingerprint density at radius 1 is 0.463 bits per heavy atom. The Hall–Kier alpha value is -14.5. The number of aromatic amines is 2. The van der Waals surface area contributed by atoms with E-state index >= 15 is 28.8 Å². The van der Waals surface area contributed by atoms with E-state index in [2.05, 4.69) is 84.1 Å². The van der Waals surface area contributed by atoms with Gasteiger partial charge in [0.2, 0.25) is 100 Å². The van der Waals surface area contributed by atoms with E-state index in [0.29, 0.717) is 33.2 Å². The number of nitrogens with zero attached hydrogens (tertiary/aromatic N) is 3. The van der Waals surface area contributed by atoms with Gasteiger partial charge in [0.05, 0.1) is 31.5 Å². The summed E-state index contributed by atoms with van der Waals surface area (Å²) in [5, 5.41) is 55.6. The molecule has 1 aliphatic heterocycles. The van der Waals surface area contributed by atoms with Gasteiger partial charge in [-0.25, -0.2) is 4.98 Å². The van der Waals surface area contributed by atoms with Crippen LogP contribution < -0.4 is 80.6 Å². The number of rotatable bonds is 24. The van der Waals surface area contributed by atoms with E-state index in [1.807, 2.05) is 30.3 Å². The highest BCUT2D eigenvalue weighted by atomic mass is 32.2. The predicted octanol–water partition coefficient (Wildman–Crippen LogP) is 0.391. The molecule has 7 aromatic rings. The van der Waals surface area contributed by atoms with Gasteiger partial charge in [-0.15, -0.1) is 11.8 Å². The van der Waals surface area contributed by atoms with Crippen molar-refractivity contribution in [2.45, 2.75) is 212 Å². The Balaban J connectivity index is 1.20. The van der Waals surface area contributed by atoms with Crippen LogP contribution in [0.15, 0.2) is 152 Å². The summed E-state index contributed by atoms with van der Waals surface area (Å²) in [6, 6.07) is 14.6. The summed E-state index contributed by atoms with van der Waals surface area (Å²) in [7, 11) is 2.49. The topological polar surface area (TPSA) is 607 Å². The molecular weight excluding hydrogens is 1770 g/mol. The SMILES string of the molecule is CC(C)C[C@@H]1NC(=O)[C@H](Cc2c[nH]c3ccccc23)NC(=O)[C@H](CC(=O)O)NC(=O)[C@H](Cc2ccc(O)cc2)NC(=O)[C@H](Cc2ccccc2)NC(=O)CSC[C@@H](C(=O)N[C@@H](C)C(N)=O)NC(=O)[C@H](Cc2cnc[nH]2)NC(=O)[C@H](C(C)C)NC(=O)[C@H](CC(C)C)NC(=O)[C@H](CC(N)=O)NC(=O)CN(C)C(=O)[C@H](C)N(C)C(=O)[C@H](C(C)C)NC(=O)[C@H](Cc2ccc(-c3ccccc3)cc2)NC1=O. The number of fused-ring (bicyclic) bond motifs is 1. The zero-order valence-electron chi connectivity index (χ0n) is 78.0. The minimum Gasteiger partial charge on any atom is -0.508 e. The van der Waals surface area contributed by atoms with Crippen LogP contribution in [-0.2, 0) is 118 Å². The van der Waals surface area contributed by atoms with E-state index in [1.165, 1.54) is 64.7 Å². The molecule has 0 aliphatic carbocycles. The van der Waals surface area contributed by atoms with Gasteiger partial charge in [-0.3, -0.25) is 86.3 Å². The Labute approximate surface area is 791 Å². The predicted molar refractivity (Wildman–Crippen MR) is 504 cm³/mol. The van der Waals surface area contributed by atoms with Crippen molar-refractivity contribution in [3.8, 4) is 16.9 Å². The van der Waals surface area contributed by atoms with Gasteiger partial charge in [-0.05, 0) is 102 Å². The van der Waals surface area contributed by atoms with Crippen LogP contribution >= 0.6 is 11.8 Å². The highest BCUT2D eigenvalue weighted by molar-refractivity contribution is 8.00. The van der Waals surface area contributed by atoms with E-state index in [-0.39, 0.29) is 55.9 Å². The number of hydrogen-bond donors (Lipinski definition) is 19. The number of benzene rings is 5. The number of phenols is 1. The molecule has 21 N–H and O–H groups in total. The zero-order chi connectivity index (χ0) is 99.9. The number of aromatic nitrogens is 3. The molecule has 40 nitrogen and oxygen atoms in total. The van der Waals surface area contributed by atoms with Crippen molar-refractivity contribution in [3.05, 3.63) is 180 Å². The Kier molecular flexibility index (Phi) is 40.1. The molecule has 136 heavy (non-hydrogen) atoms. The lowest BCUT2D eigenvalue weighted by atomic mass is 9.97. The van der Waals surface area contributed by atoms with Crippen molar-refractivity contribution in [2.24, 2.45) is 35.1 Å². The van der Waals surface area contributed by atoms with Crippen molar-refractivity contribution in [1.82, 2.24) is 93.9 Å². The molecule has 5 aromatic carbocycles. The number of likely N-dealkylation sites (N-methyl/N-ethyl adjacent to an activating group) is 2. The van der Waals surface area contributed by atoms with E-state index in [0.717, 1.165) is 32.7 Å². The van der Waals surface area contributed by atoms with Crippen LogP contribution in [0.1, 0.15) is 123 Å². The number of thioether (sulfide) groups is 1. The molecular formula is C95H124N20O20S. The maximum Gasteiger partial charge on any atom is 0.305 e. The number of primary amides is 2. The summed E-state index contributed by atoms with van der Waals surface area (Å²) in [5.41, 5.74) is 15.5. The lowest BCUT2D eigenvalue weighted by Crippen LogP contribution is -2.61. The third-order valence-corrected chi connectivity index (χ3v) is 23.7. The van der Waals surface area contributed by atoms with Gasteiger partial charge >= 0.3 is 5.97 Å². The fraction of sp³-hybridized carbons (Fsp3) is 0.442. The molecule has 2 aromatic heterocycles. The molecule has 0 radical (unpaired) electrons. The number of nitrogens with one attached hydrogen (secondary N) is 15. The quantitative estimate of drug-likeness (QED) is 0.0389. The molecule has 41 heteroatoms. The first kappa shape index (κ1) is 107. The monoisotopic (exact) mass is 1900 g/mol. The van der Waals surface area contributed by atoms with Gasteiger partial charge in [0.1, 0.15) is 90.3 Å². The van der Waals surface area contributed by atoms with E-state index in [1.54, 1.807) is 140 Å². The van der Waals surface area contributed by atoms with Gasteiger partial charge in [-0.1, -0.05) is 171 Å². The lowest BCUT2D eigenvalue weighted by molar-refractivity contribution is -0.147. The molecule has 3 heterocycles. The molecule has 0 saturated carbocycles. The van der Waals surface area contributed by atoms with Crippen molar-refractivity contribution in [2.75, 3.05) is 32.1 Å². The number of H-pyrrole nitrogens is 2. The van der Waals surface area contributed by atoms with Crippen molar-refractivity contribution >= 4 is 129 Å². The smallest absolute Gasteiger partial charge is 0.305 e. The van der Waals surface area contributed by atoms with E-state index < -0.39 is 246 Å². The molecule has 0 unspecified atom stereocenters. The number of phenolic OH excluding ortho intramolecular Hbond substituents is 1. The largest absolute Gasteiger partial charge is 0.508 e. The van der Waals surface area contributed by atoms with Crippen LogP contribution in [0.25, 0.3) is 22.0 Å². The van der Waals surface area contributed by atoms with Crippen LogP contribution in [0, 0.1) is 23.7 Å². The molecule has 0 bridgehead atoms. The number of carbonyl (C=O) groups is 18. The molecule has 1 aliphatic rings. The number of carbonyl (C=O) groups excluding carboxylic acids is 17. The van der Waals surface area contributed by atoms with Crippen LogP contribution in [0.5, 0.6) is 5.75 Å². The zero-order valence-corrected chi connectivity index (χ0v) is 78.8. The van der Waals surface area contributed by atoms with Crippen LogP contribution in [-0.4, -0.2) is 258 Å². The molecule has 0 spiro atoms. The Morgan fingerprint density at radius 3 is 1.43 bits per heavy atom. The maximum absolute atomic E-state index is 15.5. The molecule has 730 valence electrons. The second-order valence-corrected chi connectivity index (χ2v) is 36.4. The second-order valence-electron chi connectivity index (χ2n) is 35.4. The standard InChI is InChI=1S/C95H124N20O20S/c1-50(2)35-66-83(123)107-70(38-57-27-31-60(32-28-57)59-23-17-14-18-24-59)91(131)113-81(53(7)8)95(135)115(12)55(10)94(134)114(11)46-77(118)102-73(42-76(96)117)88(128)105-67(36-51(3)4)90(130)112-80(52(5)6)93(133)110-72(41-62-45-98-49-100-62)87(127)111-75(92(132)101-54(9)82(97)122)47-136-48-78(119)103-68(37-56-21-15-13-16-22-56)84(124)106-69(39-58-29-33-63(116)34-30-58)85(125)109-74(43-79(120)121)89(129)108-71(86(126)104-66)40-61-44-99-65-26-20-19-25-64(61)65/h13-34,44-45,49-55,66-75,80-81,99,116H,35-43,46-48H2,1-12H3,(H2,96,117)(H2,97,122)(H,98,100)(H,101,132)(H,102,118)(H,103,119)(H,104,126)(H,105,128)(H,106,124)(H,107,123)(H,108,129)(H,109,125)(H,110,133)(H,111,127)(H,112,130)(H,113,131)(H,120,121)/t54-,55-,66-,67-,68-,69-,70-,71-,72-,73-,74-,75-,80-,81-/m0/s1. The number of aliphatic carboxylic acids is 1. The number of amides is 17. The normalized spacial score (nSPS) is 22.8. The highest BCUT2D eigenvalue weighted by Gasteiger charge is 2.41. The molecule has 1 saturated heterocycles. The van der Waals surface area contributed by atoms with E-state index in [9.17, 15) is 67.7 Å². The minimum atomic E-state index is -2.06. The lowest BCUT2D eigenvalue weighted by Gasteiger charge is -2.33. The number of para-hydroxylation sites is 1. The van der Waals surface area contributed by atoms with Crippen molar-refractivity contribution < 1.29 is 96.5 Å². The number of hydrogen-bond acceptors (Lipinski definition) is 21. The minimum absolute atomic E-state index is 0.114. The summed E-state index contributed by atoms with van der Waals surface area (Å²) < 4.78 is 0. The summed E-state index contributed by atoms with van der Waals surface area (Å²) in [4.78, 5) is 273. The highest BCUT2D eigenvalue weighted by Crippen LogP contribution is 2.25. The first-order chi connectivity index (χ1) is 64.4. The van der Waals surface area contributed by atoms with Crippen LogP contribution in [0.4, 0.5) is 0 Å². The third kappa shape index (κ3) is 32.7. The van der Waals surface area contributed by atoms with Gasteiger partial charge in [0, 0.05) is 80.9 Å². The summed E-state index contributed by atoms with van der Waals surface area (Å²) in [5.74, 6) is -22.1. The average Bonchev–Trinajstić information content (AvgIpc) is 1.79. The second kappa shape index (κ2) is 51.1. The Morgan fingerprint density at radius 2 is 0.897 bits per heavy atom. The van der Waals surface area contributed by atoms with Gasteiger partial charge in [0.15, 0.2) is 0 Å². The van der Waals surface area contributed by atoms with Gasteiger partial charge in [-0.2, -0.15) is 0 Å². The van der Waals surface area contributed by atoms with Crippen molar-refractivity contribution in [3.63, 3.8) is 0 Å². The van der Waals surface area contributed by atoms with Crippen molar-refractivity contribution in [1.29, 1.82) is 0 Å². The number of nitrogens with two attached hydrogens (primary N) is 2. The summed E-state index contributed by atoms with van der Waals surface area (Å²) in [6.07, 6.45) is 0.375. The molecule has 17 amide bonds. The van der Waals surface area contributed by atoms with Crippen LogP contribution in [0.3, 0.4) is 0 Å². The Bertz CT molecular complexity index is 5370. The molecule has 14 atom stereocenters.